The highest BCUT2D eigenvalue weighted by molar-refractivity contribution is 5.52. The number of nitrogens with zero attached hydrogens (tertiary/aromatic N) is 2. The maximum absolute atomic E-state index is 13.0. The summed E-state index contributed by atoms with van der Waals surface area (Å²) in [6.07, 6.45) is -2.92. The number of para-hydroxylation sites is 1. The van der Waals surface area contributed by atoms with Gasteiger partial charge in [0.2, 0.25) is 0 Å². The molecule has 4 nitrogen and oxygen atoms in total. The Morgan fingerprint density at radius 1 is 1.30 bits per heavy atom. The third kappa shape index (κ3) is 2.77. The predicted octanol–water partition coefficient (Wildman–Crippen LogP) is 2.57. The first kappa shape index (κ1) is 14.4. The van der Waals surface area contributed by atoms with Gasteiger partial charge in [0, 0.05) is 13.1 Å². The summed E-state index contributed by atoms with van der Waals surface area (Å²) in [5.74, 6) is 0. The van der Waals surface area contributed by atoms with Crippen molar-refractivity contribution < 1.29 is 13.2 Å². The number of anilines is 1. The van der Waals surface area contributed by atoms with Crippen LogP contribution in [0.3, 0.4) is 0 Å². The second-order valence-electron chi connectivity index (χ2n) is 4.29. The predicted molar refractivity (Wildman–Crippen MR) is 70.8 cm³/mol. The summed E-state index contributed by atoms with van der Waals surface area (Å²) in [5.41, 5.74) is 5.97. The molecule has 1 heterocycles. The minimum absolute atomic E-state index is 0.0123. The lowest BCUT2D eigenvalue weighted by atomic mass is 10.1. The van der Waals surface area contributed by atoms with E-state index >= 15 is 0 Å². The summed E-state index contributed by atoms with van der Waals surface area (Å²) in [6, 6.07) is 5.36. The number of rotatable bonds is 4. The lowest BCUT2D eigenvalue weighted by Gasteiger charge is -2.14. The highest BCUT2D eigenvalue weighted by atomic mass is 19.4. The van der Waals surface area contributed by atoms with Crippen LogP contribution in [-0.4, -0.2) is 22.9 Å². The lowest BCUT2D eigenvalue weighted by molar-refractivity contribution is -0.137. The van der Waals surface area contributed by atoms with Gasteiger partial charge in [0.05, 0.1) is 28.8 Å². The highest BCUT2D eigenvalue weighted by Gasteiger charge is 2.34. The van der Waals surface area contributed by atoms with Crippen LogP contribution in [-0.2, 0) is 6.18 Å². The fourth-order valence-corrected chi connectivity index (χ4v) is 1.93. The average molecular weight is 284 g/mol. The van der Waals surface area contributed by atoms with Gasteiger partial charge in [-0.3, -0.25) is 0 Å². The summed E-state index contributed by atoms with van der Waals surface area (Å²) in [6.45, 7) is 2.68. The van der Waals surface area contributed by atoms with E-state index in [1.165, 1.54) is 23.0 Å². The van der Waals surface area contributed by atoms with E-state index in [-0.39, 0.29) is 5.69 Å². The molecule has 1 aromatic carbocycles. The molecule has 0 saturated carbocycles. The maximum Gasteiger partial charge on any atom is 0.418 e. The minimum atomic E-state index is -4.42. The third-order valence-corrected chi connectivity index (χ3v) is 2.91. The van der Waals surface area contributed by atoms with Crippen molar-refractivity contribution in [2.24, 2.45) is 5.73 Å². The molecule has 7 heteroatoms. The number of hydrogen-bond acceptors (Lipinski definition) is 3. The van der Waals surface area contributed by atoms with Crippen LogP contribution in [0.2, 0.25) is 0 Å². The van der Waals surface area contributed by atoms with Crippen LogP contribution in [0.25, 0.3) is 5.69 Å². The quantitative estimate of drug-likeness (QED) is 0.907. The van der Waals surface area contributed by atoms with Crippen LogP contribution < -0.4 is 11.1 Å². The van der Waals surface area contributed by atoms with Crippen molar-refractivity contribution in [1.29, 1.82) is 0 Å². The number of halogens is 3. The zero-order valence-electron chi connectivity index (χ0n) is 10.9. The SMILES string of the molecule is Cc1c(NCCN)cnn1-c1ccccc1C(F)(F)F. The summed E-state index contributed by atoms with van der Waals surface area (Å²) < 4.78 is 40.3. The van der Waals surface area contributed by atoms with E-state index in [1.54, 1.807) is 13.0 Å². The van der Waals surface area contributed by atoms with E-state index in [4.69, 9.17) is 5.73 Å². The fraction of sp³-hybridized carbons (Fsp3) is 0.308. The van der Waals surface area contributed by atoms with E-state index in [9.17, 15) is 13.2 Å². The molecule has 1 aromatic heterocycles. The van der Waals surface area contributed by atoms with Gasteiger partial charge >= 0.3 is 6.18 Å². The summed E-state index contributed by atoms with van der Waals surface area (Å²) >= 11 is 0. The smallest absolute Gasteiger partial charge is 0.381 e. The number of aromatic nitrogens is 2. The fourth-order valence-electron chi connectivity index (χ4n) is 1.93. The van der Waals surface area contributed by atoms with E-state index in [0.717, 1.165) is 6.07 Å². The van der Waals surface area contributed by atoms with Gasteiger partial charge in [-0.25, -0.2) is 4.68 Å². The number of hydrogen-bond donors (Lipinski definition) is 2. The zero-order valence-corrected chi connectivity index (χ0v) is 10.9. The Bertz CT molecular complexity index is 590. The van der Waals surface area contributed by atoms with Gasteiger partial charge in [-0.05, 0) is 19.1 Å². The average Bonchev–Trinajstić information content (AvgIpc) is 2.76. The van der Waals surface area contributed by atoms with E-state index < -0.39 is 11.7 Å². The molecule has 0 radical (unpaired) electrons. The normalized spacial score (nSPS) is 11.7. The van der Waals surface area contributed by atoms with E-state index in [2.05, 4.69) is 10.4 Å². The Labute approximate surface area is 114 Å². The molecular formula is C13H15F3N4. The zero-order chi connectivity index (χ0) is 14.8. The maximum atomic E-state index is 13.0. The van der Waals surface area contributed by atoms with Crippen LogP contribution in [0, 0.1) is 6.92 Å². The van der Waals surface area contributed by atoms with Crippen LogP contribution >= 0.6 is 0 Å². The third-order valence-electron chi connectivity index (χ3n) is 2.91. The summed E-state index contributed by atoms with van der Waals surface area (Å²) in [4.78, 5) is 0. The van der Waals surface area contributed by atoms with Crippen molar-refractivity contribution in [3.05, 3.63) is 41.7 Å². The van der Waals surface area contributed by atoms with Crippen molar-refractivity contribution in [2.45, 2.75) is 13.1 Å². The van der Waals surface area contributed by atoms with Gasteiger partial charge in [-0.2, -0.15) is 18.3 Å². The van der Waals surface area contributed by atoms with Gasteiger partial charge in [-0.1, -0.05) is 12.1 Å². The highest BCUT2D eigenvalue weighted by Crippen LogP contribution is 2.34. The summed E-state index contributed by atoms with van der Waals surface area (Å²) in [7, 11) is 0. The summed E-state index contributed by atoms with van der Waals surface area (Å²) in [5, 5.41) is 7.05. The first-order valence-corrected chi connectivity index (χ1v) is 6.10. The number of nitrogens with one attached hydrogen (secondary N) is 1. The molecule has 20 heavy (non-hydrogen) atoms. The Hall–Kier alpha value is -2.02. The van der Waals surface area contributed by atoms with Gasteiger partial charge in [-0.15, -0.1) is 0 Å². The van der Waals surface area contributed by atoms with Crippen molar-refractivity contribution >= 4 is 5.69 Å². The van der Waals surface area contributed by atoms with E-state index in [1.807, 2.05) is 0 Å². The molecule has 3 N–H and O–H groups in total. The molecule has 0 fully saturated rings. The van der Waals surface area contributed by atoms with Gasteiger partial charge in [0.15, 0.2) is 0 Å². The number of alkyl halides is 3. The van der Waals surface area contributed by atoms with Crippen molar-refractivity contribution in [3.63, 3.8) is 0 Å². The Kier molecular flexibility index (Phi) is 3.99. The van der Waals surface area contributed by atoms with Crippen LogP contribution in [0.4, 0.5) is 18.9 Å². The van der Waals surface area contributed by atoms with Crippen LogP contribution in [0.1, 0.15) is 11.3 Å². The first-order chi connectivity index (χ1) is 9.45. The van der Waals surface area contributed by atoms with E-state index in [0.29, 0.717) is 24.5 Å². The topological polar surface area (TPSA) is 55.9 Å². The Balaban J connectivity index is 2.45. The molecule has 0 unspecified atom stereocenters. The molecule has 0 atom stereocenters. The first-order valence-electron chi connectivity index (χ1n) is 6.10. The molecule has 0 spiro atoms. The van der Waals surface area contributed by atoms with Crippen molar-refractivity contribution in [1.82, 2.24) is 9.78 Å². The molecule has 2 aromatic rings. The standard InChI is InChI=1S/C13H15F3N4/c1-9-11(18-7-6-17)8-19-20(9)12-5-3-2-4-10(12)13(14,15)16/h2-5,8,18H,6-7,17H2,1H3. The molecule has 0 saturated heterocycles. The van der Waals surface area contributed by atoms with Crippen LogP contribution in [0.15, 0.2) is 30.5 Å². The van der Waals surface area contributed by atoms with Crippen LogP contribution in [0.5, 0.6) is 0 Å². The molecule has 0 aliphatic heterocycles. The van der Waals surface area contributed by atoms with Crippen molar-refractivity contribution in [3.8, 4) is 5.69 Å². The molecule has 0 amide bonds. The molecule has 0 aliphatic carbocycles. The van der Waals surface area contributed by atoms with Gasteiger partial charge < -0.3 is 11.1 Å². The molecule has 0 bridgehead atoms. The lowest BCUT2D eigenvalue weighted by Crippen LogP contribution is -2.14. The Morgan fingerprint density at radius 3 is 2.65 bits per heavy atom. The molecule has 2 rings (SSSR count). The van der Waals surface area contributed by atoms with Gasteiger partial charge in [0.25, 0.3) is 0 Å². The largest absolute Gasteiger partial charge is 0.418 e. The van der Waals surface area contributed by atoms with Gasteiger partial charge in [0.1, 0.15) is 0 Å². The second-order valence-corrected chi connectivity index (χ2v) is 4.29. The van der Waals surface area contributed by atoms with Crippen molar-refractivity contribution in [2.75, 3.05) is 18.4 Å². The molecular weight excluding hydrogens is 269 g/mol. The second kappa shape index (κ2) is 5.54. The molecule has 0 aliphatic rings. The number of benzene rings is 1. The Morgan fingerprint density at radius 2 is 2.00 bits per heavy atom. The number of nitrogens with two attached hydrogens (primary N) is 1. The monoisotopic (exact) mass is 284 g/mol. The minimum Gasteiger partial charge on any atom is -0.381 e. The molecule has 108 valence electrons.